The van der Waals surface area contributed by atoms with Crippen LogP contribution in [0.2, 0.25) is 10.0 Å². The largest absolute Gasteiger partial charge is 0.339 e. The van der Waals surface area contributed by atoms with Crippen LogP contribution in [0.3, 0.4) is 0 Å². The van der Waals surface area contributed by atoms with E-state index in [1.165, 1.54) is 4.90 Å². The monoisotopic (exact) mass is 436 g/mol. The van der Waals surface area contributed by atoms with Gasteiger partial charge in [0.05, 0.1) is 12.1 Å². The van der Waals surface area contributed by atoms with E-state index in [0.717, 1.165) is 11.3 Å². The summed E-state index contributed by atoms with van der Waals surface area (Å²) in [6.07, 6.45) is 0. The summed E-state index contributed by atoms with van der Waals surface area (Å²) in [6.45, 7) is 0.165. The molecule has 0 saturated carbocycles. The summed E-state index contributed by atoms with van der Waals surface area (Å²) in [5.74, 6) is -0.679. The summed E-state index contributed by atoms with van der Waals surface area (Å²) in [5.41, 5.74) is 2.97. The average Bonchev–Trinajstić information content (AvgIpc) is 3.00. The number of rotatable bonds is 5. The third kappa shape index (κ3) is 3.84. The number of carbonyl (C=O) groups excluding carboxylic acids is 2. The van der Waals surface area contributed by atoms with Crippen LogP contribution in [0.25, 0.3) is 5.57 Å². The van der Waals surface area contributed by atoms with Gasteiger partial charge < -0.3 is 4.90 Å². The highest BCUT2D eigenvalue weighted by molar-refractivity contribution is 6.37. The van der Waals surface area contributed by atoms with Crippen molar-refractivity contribution in [1.29, 1.82) is 0 Å². The molecule has 0 saturated heterocycles. The molecule has 0 unspecified atom stereocenters. The number of hydrogen-bond acceptors (Lipinski definition) is 3. The summed E-state index contributed by atoms with van der Waals surface area (Å²) in [7, 11) is 1.79. The van der Waals surface area contributed by atoms with Crippen LogP contribution >= 0.6 is 23.2 Å². The first-order valence-corrected chi connectivity index (χ1v) is 10.1. The fourth-order valence-electron chi connectivity index (χ4n) is 3.45. The van der Waals surface area contributed by atoms with Crippen molar-refractivity contribution in [2.45, 2.75) is 6.54 Å². The molecule has 4 nitrogen and oxygen atoms in total. The van der Waals surface area contributed by atoms with Crippen molar-refractivity contribution in [1.82, 2.24) is 4.90 Å². The second-order valence-corrected chi connectivity index (χ2v) is 7.82. The Bertz CT molecular complexity index is 1120. The Hall–Kier alpha value is -3.08. The van der Waals surface area contributed by atoms with E-state index >= 15 is 0 Å². The average molecular weight is 437 g/mol. The molecule has 4 rings (SSSR count). The van der Waals surface area contributed by atoms with Gasteiger partial charge in [-0.1, -0.05) is 65.7 Å². The van der Waals surface area contributed by atoms with Gasteiger partial charge in [0.25, 0.3) is 11.8 Å². The van der Waals surface area contributed by atoms with Gasteiger partial charge in [-0.05, 0) is 47.5 Å². The van der Waals surface area contributed by atoms with E-state index in [1.807, 2.05) is 42.5 Å². The number of para-hydroxylation sites is 1. The second-order valence-electron chi connectivity index (χ2n) is 6.95. The molecule has 0 aromatic heterocycles. The predicted molar refractivity (Wildman–Crippen MR) is 120 cm³/mol. The molecule has 3 aromatic rings. The second kappa shape index (κ2) is 8.34. The van der Waals surface area contributed by atoms with Gasteiger partial charge in [-0.3, -0.25) is 14.5 Å². The molecule has 3 aromatic carbocycles. The molecular weight excluding hydrogens is 419 g/mol. The van der Waals surface area contributed by atoms with Crippen LogP contribution in [-0.2, 0) is 16.1 Å². The van der Waals surface area contributed by atoms with Crippen molar-refractivity contribution < 1.29 is 9.59 Å². The first-order chi connectivity index (χ1) is 14.5. The van der Waals surface area contributed by atoms with E-state index in [0.29, 0.717) is 26.9 Å². The Morgan fingerprint density at radius 1 is 0.767 bits per heavy atom. The van der Waals surface area contributed by atoms with E-state index < -0.39 is 0 Å². The molecular formula is C24H18Cl2N2O2. The molecule has 6 heteroatoms. The van der Waals surface area contributed by atoms with Gasteiger partial charge in [-0.2, -0.15) is 0 Å². The Balaban J connectivity index is 1.78. The number of likely N-dealkylation sites (N-methyl/N-ethyl adjacent to an activating group) is 1. The minimum Gasteiger partial charge on any atom is -0.339 e. The first-order valence-electron chi connectivity index (χ1n) is 9.35. The number of nitrogens with zero attached hydrogens (tertiary/aromatic N) is 2. The highest BCUT2D eigenvalue weighted by Crippen LogP contribution is 2.34. The summed E-state index contributed by atoms with van der Waals surface area (Å²) in [4.78, 5) is 29.8. The summed E-state index contributed by atoms with van der Waals surface area (Å²) >= 11 is 12.0. The van der Waals surface area contributed by atoms with E-state index in [2.05, 4.69) is 0 Å². The first kappa shape index (κ1) is 20.2. The van der Waals surface area contributed by atoms with Crippen molar-refractivity contribution in [3.63, 3.8) is 0 Å². The third-order valence-electron chi connectivity index (χ3n) is 5.01. The van der Waals surface area contributed by atoms with Crippen LogP contribution in [0.5, 0.6) is 0 Å². The lowest BCUT2D eigenvalue weighted by molar-refractivity contribution is -0.137. The number of benzene rings is 3. The topological polar surface area (TPSA) is 40.6 Å². The lowest BCUT2D eigenvalue weighted by Gasteiger charge is -2.21. The SMILES string of the molecule is CN(C1=C(c2ccc(Cl)cc2)C(=O)N(Cc2ccc(Cl)cc2)C1=O)c1ccccc1. The Morgan fingerprint density at radius 3 is 1.93 bits per heavy atom. The zero-order valence-corrected chi connectivity index (χ0v) is 17.7. The Labute approximate surface area is 184 Å². The fourth-order valence-corrected chi connectivity index (χ4v) is 3.70. The van der Waals surface area contributed by atoms with Crippen molar-refractivity contribution in [3.05, 3.63) is 106 Å². The van der Waals surface area contributed by atoms with Crippen LogP contribution in [0, 0.1) is 0 Å². The molecule has 30 heavy (non-hydrogen) atoms. The molecule has 0 bridgehead atoms. The number of hydrogen-bond donors (Lipinski definition) is 0. The standard InChI is InChI=1S/C24H18Cl2N2O2/c1-27(20-5-3-2-4-6-20)22-21(17-9-13-19(26)14-10-17)23(29)28(24(22)30)15-16-7-11-18(25)12-8-16/h2-14H,15H2,1H3. The molecule has 0 fully saturated rings. The lowest BCUT2D eigenvalue weighted by Crippen LogP contribution is -2.33. The van der Waals surface area contributed by atoms with Crippen molar-refractivity contribution in [3.8, 4) is 0 Å². The van der Waals surface area contributed by atoms with Crippen LogP contribution < -0.4 is 4.90 Å². The van der Waals surface area contributed by atoms with Gasteiger partial charge in [0.1, 0.15) is 5.70 Å². The van der Waals surface area contributed by atoms with E-state index in [1.54, 1.807) is 48.3 Å². The van der Waals surface area contributed by atoms with Gasteiger partial charge in [0, 0.05) is 22.8 Å². The molecule has 1 aliphatic rings. The molecule has 2 amide bonds. The molecule has 1 aliphatic heterocycles. The maximum absolute atomic E-state index is 13.4. The number of amides is 2. The molecule has 0 spiro atoms. The Kier molecular flexibility index (Phi) is 5.62. The lowest BCUT2D eigenvalue weighted by atomic mass is 10.0. The zero-order valence-electron chi connectivity index (χ0n) is 16.2. The quantitative estimate of drug-likeness (QED) is 0.502. The molecule has 0 radical (unpaired) electrons. The number of imide groups is 1. The predicted octanol–water partition coefficient (Wildman–Crippen LogP) is 5.41. The van der Waals surface area contributed by atoms with E-state index in [4.69, 9.17) is 23.2 Å². The maximum atomic E-state index is 13.4. The molecule has 0 N–H and O–H groups in total. The van der Waals surface area contributed by atoms with E-state index in [-0.39, 0.29) is 18.4 Å². The zero-order chi connectivity index (χ0) is 21.3. The summed E-state index contributed by atoms with van der Waals surface area (Å²) in [6, 6.07) is 23.5. The minimum atomic E-state index is -0.341. The number of carbonyl (C=O) groups is 2. The third-order valence-corrected chi connectivity index (χ3v) is 5.51. The van der Waals surface area contributed by atoms with Gasteiger partial charge in [-0.15, -0.1) is 0 Å². The van der Waals surface area contributed by atoms with Crippen LogP contribution in [0.15, 0.2) is 84.6 Å². The van der Waals surface area contributed by atoms with E-state index in [9.17, 15) is 9.59 Å². The highest BCUT2D eigenvalue weighted by Gasteiger charge is 2.41. The molecule has 0 atom stereocenters. The molecule has 1 heterocycles. The molecule has 150 valence electrons. The Morgan fingerprint density at radius 2 is 1.33 bits per heavy atom. The van der Waals surface area contributed by atoms with Crippen molar-refractivity contribution >= 4 is 46.3 Å². The summed E-state index contributed by atoms with van der Waals surface area (Å²) in [5, 5.41) is 1.16. The van der Waals surface area contributed by atoms with Gasteiger partial charge >= 0.3 is 0 Å². The number of anilines is 1. The fraction of sp³-hybridized carbons (Fsp3) is 0.0833. The summed E-state index contributed by atoms with van der Waals surface area (Å²) < 4.78 is 0. The van der Waals surface area contributed by atoms with Gasteiger partial charge in [0.15, 0.2) is 0 Å². The van der Waals surface area contributed by atoms with Crippen molar-refractivity contribution in [2.75, 3.05) is 11.9 Å². The molecule has 0 aliphatic carbocycles. The van der Waals surface area contributed by atoms with Crippen molar-refractivity contribution in [2.24, 2.45) is 0 Å². The van der Waals surface area contributed by atoms with Gasteiger partial charge in [-0.25, -0.2) is 0 Å². The highest BCUT2D eigenvalue weighted by atomic mass is 35.5. The smallest absolute Gasteiger partial charge is 0.278 e. The van der Waals surface area contributed by atoms with Crippen LogP contribution in [0.1, 0.15) is 11.1 Å². The maximum Gasteiger partial charge on any atom is 0.278 e. The normalized spacial score (nSPS) is 13.9. The van der Waals surface area contributed by atoms with Gasteiger partial charge in [0.2, 0.25) is 0 Å². The number of halogens is 2. The van der Waals surface area contributed by atoms with Crippen LogP contribution in [0.4, 0.5) is 5.69 Å². The minimum absolute atomic E-state index is 0.165. The van der Waals surface area contributed by atoms with Crippen LogP contribution in [-0.4, -0.2) is 23.8 Å².